The molecule has 0 unspecified atom stereocenters. The van der Waals surface area contributed by atoms with E-state index in [-0.39, 0.29) is 0 Å². The van der Waals surface area contributed by atoms with Gasteiger partial charge in [0.2, 0.25) is 0 Å². The highest BCUT2D eigenvalue weighted by Crippen LogP contribution is 2.23. The number of hydrogen-bond acceptors (Lipinski definition) is 4. The average molecular weight is 325 g/mol. The summed E-state index contributed by atoms with van der Waals surface area (Å²) in [4.78, 5) is 16.4. The molecule has 3 aromatic heterocycles. The summed E-state index contributed by atoms with van der Waals surface area (Å²) in [5.41, 5.74) is 2.48. The molecule has 0 radical (unpaired) electrons. The zero-order valence-electron chi connectivity index (χ0n) is 12.2. The molecule has 1 N–H and O–H groups in total. The number of halogens is 1. The zero-order chi connectivity index (χ0) is 15.6. The highest BCUT2D eigenvalue weighted by Gasteiger charge is 2.14. The average Bonchev–Trinajstić information content (AvgIpc) is 3.23. The molecule has 23 heavy (non-hydrogen) atoms. The molecule has 3 heterocycles. The fraction of sp³-hybridized carbons (Fsp3) is 0.118. The highest BCUT2D eigenvalue weighted by molar-refractivity contribution is 6.33. The molecule has 114 valence electrons. The lowest BCUT2D eigenvalue weighted by molar-refractivity contribution is 0.577. The van der Waals surface area contributed by atoms with Crippen LogP contribution in [-0.2, 0) is 12.8 Å². The number of benzene rings is 1. The molecule has 4 aromatic rings. The molecule has 0 fully saturated rings. The molecule has 5 nitrogen and oxygen atoms in total. The minimum absolute atomic E-state index is 0.323. The quantitative estimate of drug-likeness (QED) is 0.575. The van der Waals surface area contributed by atoms with Crippen LogP contribution in [0.4, 0.5) is 0 Å². The Morgan fingerprint density at radius 3 is 2.61 bits per heavy atom. The number of furan rings is 1. The van der Waals surface area contributed by atoms with Crippen LogP contribution in [0, 0.1) is 0 Å². The first-order valence-electron chi connectivity index (χ1n) is 7.29. The van der Waals surface area contributed by atoms with E-state index in [0.717, 1.165) is 18.7 Å². The van der Waals surface area contributed by atoms with Gasteiger partial charge in [-0.1, -0.05) is 41.9 Å². The monoisotopic (exact) mass is 324 g/mol. The number of fused-ring (bicyclic) bond motifs is 1. The van der Waals surface area contributed by atoms with Gasteiger partial charge in [-0.05, 0) is 24.1 Å². The number of nitrogens with zero attached hydrogens (tertiary/aromatic N) is 3. The number of aryl methyl sites for hydroxylation is 2. The molecule has 0 amide bonds. The second-order valence-corrected chi connectivity index (χ2v) is 5.54. The van der Waals surface area contributed by atoms with Crippen molar-refractivity contribution in [1.29, 1.82) is 0 Å². The van der Waals surface area contributed by atoms with Crippen molar-refractivity contribution in [1.82, 2.24) is 19.9 Å². The maximum absolute atomic E-state index is 6.23. The molecule has 0 aliphatic heterocycles. The van der Waals surface area contributed by atoms with Crippen molar-refractivity contribution in [2.45, 2.75) is 12.8 Å². The topological polar surface area (TPSA) is 67.6 Å². The number of rotatable bonds is 4. The standard InChI is InChI=1S/C17H13ClN4O/c18-15-14-17(22-16(21-15)12-7-4-10-23-12)20-13(19-14)9-8-11-5-2-1-3-6-11/h1-7,10H,8-9H2,(H,19,20,21,22). The van der Waals surface area contributed by atoms with E-state index in [9.17, 15) is 0 Å². The largest absolute Gasteiger partial charge is 0.461 e. The van der Waals surface area contributed by atoms with Gasteiger partial charge in [-0.15, -0.1) is 0 Å². The van der Waals surface area contributed by atoms with Crippen molar-refractivity contribution in [2.75, 3.05) is 0 Å². The fourth-order valence-corrected chi connectivity index (χ4v) is 2.67. The van der Waals surface area contributed by atoms with Crippen LogP contribution >= 0.6 is 11.6 Å². The first-order valence-corrected chi connectivity index (χ1v) is 7.67. The van der Waals surface area contributed by atoms with Crippen LogP contribution in [0.3, 0.4) is 0 Å². The van der Waals surface area contributed by atoms with Gasteiger partial charge in [0.25, 0.3) is 0 Å². The summed E-state index contributed by atoms with van der Waals surface area (Å²) in [5, 5.41) is 0.323. The van der Waals surface area contributed by atoms with Crippen molar-refractivity contribution in [3.63, 3.8) is 0 Å². The molecule has 4 rings (SSSR count). The van der Waals surface area contributed by atoms with Gasteiger partial charge in [0, 0.05) is 6.42 Å². The van der Waals surface area contributed by atoms with Gasteiger partial charge >= 0.3 is 0 Å². The minimum atomic E-state index is 0.323. The van der Waals surface area contributed by atoms with E-state index in [2.05, 4.69) is 32.1 Å². The number of H-pyrrole nitrogens is 1. The van der Waals surface area contributed by atoms with Gasteiger partial charge in [0.15, 0.2) is 22.4 Å². The van der Waals surface area contributed by atoms with Crippen LogP contribution < -0.4 is 0 Å². The van der Waals surface area contributed by atoms with E-state index in [1.807, 2.05) is 18.2 Å². The van der Waals surface area contributed by atoms with Crippen LogP contribution in [0.15, 0.2) is 53.1 Å². The van der Waals surface area contributed by atoms with E-state index < -0.39 is 0 Å². The molecule has 0 aliphatic rings. The first-order chi connectivity index (χ1) is 11.3. The predicted molar refractivity (Wildman–Crippen MR) is 88.2 cm³/mol. The van der Waals surface area contributed by atoms with Crippen LogP contribution in [0.5, 0.6) is 0 Å². The van der Waals surface area contributed by atoms with Crippen molar-refractivity contribution in [3.8, 4) is 11.6 Å². The van der Waals surface area contributed by atoms with E-state index in [0.29, 0.717) is 27.9 Å². The number of nitrogens with one attached hydrogen (secondary N) is 1. The molecule has 0 bridgehead atoms. The summed E-state index contributed by atoms with van der Waals surface area (Å²) >= 11 is 6.23. The van der Waals surface area contributed by atoms with Gasteiger partial charge in [-0.25, -0.2) is 15.0 Å². The van der Waals surface area contributed by atoms with Crippen LogP contribution in [0.25, 0.3) is 22.7 Å². The maximum Gasteiger partial charge on any atom is 0.199 e. The highest BCUT2D eigenvalue weighted by atomic mass is 35.5. The number of aromatic amines is 1. The van der Waals surface area contributed by atoms with Gasteiger partial charge < -0.3 is 9.40 Å². The van der Waals surface area contributed by atoms with E-state index >= 15 is 0 Å². The van der Waals surface area contributed by atoms with E-state index in [1.54, 1.807) is 18.4 Å². The van der Waals surface area contributed by atoms with Crippen molar-refractivity contribution in [2.24, 2.45) is 0 Å². The summed E-state index contributed by atoms with van der Waals surface area (Å²) < 4.78 is 5.32. The molecule has 0 saturated heterocycles. The lowest BCUT2D eigenvalue weighted by Gasteiger charge is -1.97. The lowest BCUT2D eigenvalue weighted by atomic mass is 10.1. The maximum atomic E-state index is 6.23. The molecular weight excluding hydrogens is 312 g/mol. The minimum Gasteiger partial charge on any atom is -0.461 e. The lowest BCUT2D eigenvalue weighted by Crippen LogP contribution is -1.92. The SMILES string of the molecule is Clc1nc(-c2ccco2)nc2[nH]c(CCc3ccccc3)nc12. The normalized spacial score (nSPS) is 11.2. The Morgan fingerprint density at radius 2 is 1.83 bits per heavy atom. The predicted octanol–water partition coefficient (Wildman–Crippen LogP) is 4.05. The summed E-state index contributed by atoms with van der Waals surface area (Å²) in [6, 6.07) is 13.9. The Bertz CT molecular complexity index is 932. The number of hydrogen-bond donors (Lipinski definition) is 1. The molecule has 0 spiro atoms. The Morgan fingerprint density at radius 1 is 0.957 bits per heavy atom. The smallest absolute Gasteiger partial charge is 0.199 e. The number of imidazole rings is 1. The number of aromatic nitrogens is 4. The molecule has 0 saturated carbocycles. The first kappa shape index (κ1) is 14.0. The molecule has 6 heteroatoms. The van der Waals surface area contributed by atoms with E-state index in [1.165, 1.54) is 5.56 Å². The third-order valence-electron chi connectivity index (χ3n) is 3.59. The van der Waals surface area contributed by atoms with Gasteiger partial charge in [-0.2, -0.15) is 0 Å². The Balaban J connectivity index is 1.64. The third-order valence-corrected chi connectivity index (χ3v) is 3.85. The Hall–Kier alpha value is -2.66. The van der Waals surface area contributed by atoms with Crippen molar-refractivity contribution < 1.29 is 4.42 Å². The fourth-order valence-electron chi connectivity index (χ4n) is 2.46. The Kier molecular flexibility index (Phi) is 3.55. The Labute approximate surface area is 137 Å². The molecule has 1 aromatic carbocycles. The second-order valence-electron chi connectivity index (χ2n) is 5.18. The summed E-state index contributed by atoms with van der Waals surface area (Å²) in [6.07, 6.45) is 3.26. The molecular formula is C17H13ClN4O. The second kappa shape index (κ2) is 5.85. The molecule has 0 atom stereocenters. The van der Waals surface area contributed by atoms with Crippen molar-refractivity contribution in [3.05, 3.63) is 65.3 Å². The van der Waals surface area contributed by atoms with Gasteiger partial charge in [-0.3, -0.25) is 0 Å². The van der Waals surface area contributed by atoms with Gasteiger partial charge in [0.05, 0.1) is 6.26 Å². The summed E-state index contributed by atoms with van der Waals surface area (Å²) in [5.74, 6) is 1.87. The summed E-state index contributed by atoms with van der Waals surface area (Å²) in [7, 11) is 0. The third kappa shape index (κ3) is 2.83. The van der Waals surface area contributed by atoms with Crippen LogP contribution in [-0.4, -0.2) is 19.9 Å². The van der Waals surface area contributed by atoms with Crippen LogP contribution in [0.2, 0.25) is 5.15 Å². The summed E-state index contributed by atoms with van der Waals surface area (Å²) in [6.45, 7) is 0. The van der Waals surface area contributed by atoms with Crippen LogP contribution in [0.1, 0.15) is 11.4 Å². The molecule has 0 aliphatic carbocycles. The van der Waals surface area contributed by atoms with E-state index in [4.69, 9.17) is 16.0 Å². The van der Waals surface area contributed by atoms with Gasteiger partial charge in [0.1, 0.15) is 11.3 Å². The van der Waals surface area contributed by atoms with Crippen molar-refractivity contribution >= 4 is 22.8 Å². The zero-order valence-corrected chi connectivity index (χ0v) is 12.9.